The Hall–Kier alpha value is -3.27. The molecule has 5 heteroatoms. The van der Waals surface area contributed by atoms with Crippen molar-refractivity contribution in [1.29, 1.82) is 0 Å². The number of carbonyl (C=O) groups is 1. The maximum atomic E-state index is 10.0. The van der Waals surface area contributed by atoms with Gasteiger partial charge in [0.05, 0.1) is 23.9 Å². The fourth-order valence-electron chi connectivity index (χ4n) is 3.26. The minimum atomic E-state index is -0.125. The molecule has 0 amide bonds. The van der Waals surface area contributed by atoms with Gasteiger partial charge in [0.1, 0.15) is 5.58 Å². The van der Waals surface area contributed by atoms with Crippen LogP contribution in [-0.4, -0.2) is 10.9 Å². The van der Waals surface area contributed by atoms with Crippen LogP contribution in [0.3, 0.4) is 0 Å². The summed E-state index contributed by atoms with van der Waals surface area (Å²) in [5.74, 6) is -0.0625. The summed E-state index contributed by atoms with van der Waals surface area (Å²) in [6.07, 6.45) is 4.78. The standard InChI is InChI=1S/C21H16NO.C5H8O2.Ir/c1-15-14-17(16-6-4-3-5-7-16)8-9-18(15)21-19-11-13-23-20(19)10-12-22(21)2;1-4(6)3-5(2)7;/h3-14H,1-2H2;3,6H,1-2H3;/q-1;;/b;4-3-;. The van der Waals surface area contributed by atoms with Crippen molar-refractivity contribution in [1.82, 2.24) is 0 Å². The molecule has 31 heavy (non-hydrogen) atoms. The summed E-state index contributed by atoms with van der Waals surface area (Å²) in [5.41, 5.74) is 6.25. The van der Waals surface area contributed by atoms with Crippen molar-refractivity contribution in [2.45, 2.75) is 13.8 Å². The van der Waals surface area contributed by atoms with Crippen molar-refractivity contribution in [3.63, 3.8) is 0 Å². The first-order valence-corrected chi connectivity index (χ1v) is 9.49. The quantitative estimate of drug-likeness (QED) is 0.140. The average Bonchev–Trinajstić information content (AvgIpc) is 3.17. The first-order valence-electron chi connectivity index (χ1n) is 9.49. The molecule has 0 aliphatic rings. The number of aliphatic hydroxyl groups is 1. The Labute approximate surface area is 196 Å². The number of carbonyl (C=O) groups excluding carboxylic acids is 1. The molecule has 0 saturated carbocycles. The molecule has 0 aliphatic carbocycles. The maximum absolute atomic E-state index is 10.0. The Balaban J connectivity index is 0.000000373. The van der Waals surface area contributed by atoms with E-state index in [4.69, 9.17) is 9.52 Å². The topological polar surface area (TPSA) is 54.3 Å². The number of pyridine rings is 1. The molecular weight excluding hydrogens is 567 g/mol. The summed E-state index contributed by atoms with van der Waals surface area (Å²) >= 11 is 0. The van der Waals surface area contributed by atoms with E-state index in [-0.39, 0.29) is 31.6 Å². The number of furan rings is 1. The van der Waals surface area contributed by atoms with Crippen LogP contribution in [0, 0.1) is 14.0 Å². The van der Waals surface area contributed by atoms with Gasteiger partial charge in [0.15, 0.2) is 5.78 Å². The van der Waals surface area contributed by atoms with Crippen LogP contribution in [0.4, 0.5) is 0 Å². The molecule has 1 radical (unpaired) electrons. The molecule has 0 bridgehead atoms. The van der Waals surface area contributed by atoms with Gasteiger partial charge >= 0.3 is 0 Å². The molecule has 2 aromatic heterocycles. The predicted octanol–water partition coefficient (Wildman–Crippen LogP) is 5.91. The molecule has 1 N–H and O–H groups in total. The van der Waals surface area contributed by atoms with Gasteiger partial charge in [0, 0.05) is 38.6 Å². The van der Waals surface area contributed by atoms with Gasteiger partial charge in [0.25, 0.3) is 0 Å². The van der Waals surface area contributed by atoms with E-state index in [1.54, 1.807) is 6.26 Å². The molecule has 0 fully saturated rings. The Morgan fingerprint density at radius 2 is 1.74 bits per heavy atom. The number of aromatic nitrogens is 1. The fraction of sp³-hybridized carbons (Fsp3) is 0.0769. The van der Waals surface area contributed by atoms with E-state index in [0.29, 0.717) is 0 Å². The van der Waals surface area contributed by atoms with Gasteiger partial charge < -0.3 is 14.1 Å². The number of benzene rings is 2. The number of hydrogen-bond acceptors (Lipinski definition) is 3. The second kappa shape index (κ2) is 10.7. The van der Waals surface area contributed by atoms with Gasteiger partial charge in [-0.15, -0.1) is 11.6 Å². The fourth-order valence-corrected chi connectivity index (χ4v) is 3.26. The Bertz CT molecular complexity index is 1210. The van der Waals surface area contributed by atoms with Crippen molar-refractivity contribution >= 4 is 16.8 Å². The van der Waals surface area contributed by atoms with E-state index in [1.807, 2.05) is 41.1 Å². The van der Waals surface area contributed by atoms with E-state index in [0.717, 1.165) is 33.4 Å². The van der Waals surface area contributed by atoms with Gasteiger partial charge in [0.2, 0.25) is 0 Å². The van der Waals surface area contributed by atoms with Crippen LogP contribution >= 0.6 is 0 Å². The SMILES string of the molecule is CC(=O)/C=C(/C)O.[CH2-]c1cc(-c2ccccc2)ccc1-c1c2ccoc2cc[n+]1[CH2-].[Ir]. The van der Waals surface area contributed by atoms with Crippen molar-refractivity contribution in [3.05, 3.63) is 104 Å². The number of aliphatic hydroxyl groups excluding tert-OH is 1. The summed E-state index contributed by atoms with van der Waals surface area (Å²) < 4.78 is 7.37. The minimum Gasteiger partial charge on any atom is -0.512 e. The Morgan fingerprint density at radius 3 is 2.32 bits per heavy atom. The zero-order valence-corrected chi connectivity index (χ0v) is 19.9. The molecule has 4 aromatic rings. The van der Waals surface area contributed by atoms with Gasteiger partial charge in [-0.3, -0.25) is 4.79 Å². The van der Waals surface area contributed by atoms with Crippen LogP contribution in [0.5, 0.6) is 0 Å². The molecule has 2 heterocycles. The maximum Gasteiger partial charge on any atom is 0.155 e. The third kappa shape index (κ3) is 5.88. The third-order valence-electron chi connectivity index (χ3n) is 4.52. The van der Waals surface area contributed by atoms with E-state index in [1.165, 1.54) is 25.5 Å². The summed E-state index contributed by atoms with van der Waals surface area (Å²) in [4.78, 5) is 10.0. The van der Waals surface area contributed by atoms with E-state index >= 15 is 0 Å². The second-order valence-corrected chi connectivity index (χ2v) is 6.97. The van der Waals surface area contributed by atoms with Crippen molar-refractivity contribution in [2.75, 3.05) is 0 Å². The van der Waals surface area contributed by atoms with Gasteiger partial charge in [-0.25, -0.2) is 0 Å². The zero-order valence-electron chi connectivity index (χ0n) is 17.5. The van der Waals surface area contributed by atoms with Crippen molar-refractivity contribution in [2.24, 2.45) is 0 Å². The van der Waals surface area contributed by atoms with Crippen LogP contribution in [0.2, 0.25) is 0 Å². The molecule has 0 saturated heterocycles. The van der Waals surface area contributed by atoms with E-state index in [9.17, 15) is 4.79 Å². The monoisotopic (exact) mass is 591 g/mol. The number of hydrogen-bond donors (Lipinski definition) is 1. The molecule has 4 nitrogen and oxygen atoms in total. The van der Waals surface area contributed by atoms with Gasteiger partial charge in [-0.1, -0.05) is 42.0 Å². The smallest absolute Gasteiger partial charge is 0.155 e. The average molecular weight is 591 g/mol. The molecule has 0 unspecified atom stereocenters. The second-order valence-electron chi connectivity index (χ2n) is 6.97. The number of rotatable bonds is 3. The van der Waals surface area contributed by atoms with Crippen molar-refractivity contribution < 1.29 is 39.0 Å². The molecule has 161 valence electrons. The summed E-state index contributed by atoms with van der Waals surface area (Å²) in [5, 5.41) is 9.40. The van der Waals surface area contributed by atoms with E-state index < -0.39 is 0 Å². The zero-order chi connectivity index (χ0) is 21.7. The van der Waals surface area contributed by atoms with Crippen LogP contribution in [0.1, 0.15) is 19.4 Å². The summed E-state index contributed by atoms with van der Waals surface area (Å²) in [7, 11) is 4.10. The molecule has 2 aromatic carbocycles. The normalized spacial score (nSPS) is 10.7. The molecular formula is C26H24IrNO3-. The Kier molecular flexibility index (Phi) is 8.26. The first kappa shape index (κ1) is 24.0. The third-order valence-corrected chi connectivity index (χ3v) is 4.52. The van der Waals surface area contributed by atoms with Crippen LogP contribution in [-0.2, 0) is 24.9 Å². The number of ketones is 1. The molecule has 0 aliphatic heterocycles. The molecule has 0 spiro atoms. The minimum absolute atomic E-state index is 0. The summed E-state index contributed by atoms with van der Waals surface area (Å²) in [6.45, 7) is 7.09. The van der Waals surface area contributed by atoms with Crippen LogP contribution in [0.25, 0.3) is 33.4 Å². The first-order chi connectivity index (χ1) is 14.4. The number of fused-ring (bicyclic) bond motifs is 1. The largest absolute Gasteiger partial charge is 0.512 e. The number of allylic oxidation sites excluding steroid dienone is 2. The van der Waals surface area contributed by atoms with Crippen LogP contribution < -0.4 is 4.57 Å². The van der Waals surface area contributed by atoms with E-state index in [2.05, 4.69) is 44.3 Å². The van der Waals surface area contributed by atoms with Gasteiger partial charge in [-0.2, -0.15) is 18.6 Å². The van der Waals surface area contributed by atoms with Crippen LogP contribution in [0.15, 0.2) is 89.4 Å². The van der Waals surface area contributed by atoms with Crippen molar-refractivity contribution in [3.8, 4) is 22.4 Å². The Morgan fingerprint density at radius 1 is 1.03 bits per heavy atom. The molecule has 4 rings (SSSR count). The predicted molar refractivity (Wildman–Crippen MR) is 120 cm³/mol. The van der Waals surface area contributed by atoms with Gasteiger partial charge in [-0.05, 0) is 31.5 Å². The summed E-state index contributed by atoms with van der Waals surface area (Å²) in [6, 6.07) is 20.6. The number of nitrogens with zero attached hydrogens (tertiary/aromatic N) is 1. The molecule has 0 atom stereocenters.